The zero-order valence-electron chi connectivity index (χ0n) is 4.18. The van der Waals surface area contributed by atoms with Crippen LogP contribution in [-0.2, 0) is 15.1 Å². The van der Waals surface area contributed by atoms with Gasteiger partial charge in [-0.15, -0.1) is 0 Å². The Kier molecular flexibility index (Phi) is 8.80. The number of halogens is 2. The summed E-state index contributed by atoms with van der Waals surface area (Å²) in [6.07, 6.45) is 0. The number of rotatable bonds is 0. The Morgan fingerprint density at radius 3 is 1.62 bits per heavy atom. The van der Waals surface area contributed by atoms with Crippen LogP contribution in [0, 0.1) is 0 Å². The van der Waals surface area contributed by atoms with Crippen molar-refractivity contribution in [3.8, 4) is 0 Å². The zero-order chi connectivity index (χ0) is 6.24. The van der Waals surface area contributed by atoms with E-state index < -0.39 is 15.1 Å². The van der Waals surface area contributed by atoms with Gasteiger partial charge in [-0.3, -0.25) is 0 Å². The maximum atomic E-state index is 4.95. The molecule has 0 unspecified atom stereocenters. The van der Waals surface area contributed by atoms with Crippen LogP contribution < -0.4 is 0 Å². The van der Waals surface area contributed by atoms with Crippen LogP contribution in [0.25, 0.3) is 0 Å². The number of thiophene rings is 1. The molecule has 0 N–H and O–H groups in total. The van der Waals surface area contributed by atoms with Crippen LogP contribution >= 0.6 is 30.7 Å². The second-order valence-electron chi connectivity index (χ2n) is 0.894. The molecular formula is C4H4Cl2SZn. The molecule has 1 rings (SSSR count). The summed E-state index contributed by atoms with van der Waals surface area (Å²) in [5.74, 6) is 0. The second kappa shape index (κ2) is 7.90. The van der Waals surface area contributed by atoms with Gasteiger partial charge in [0.05, 0.1) is 0 Å². The van der Waals surface area contributed by atoms with Gasteiger partial charge in [0.15, 0.2) is 0 Å². The zero-order valence-corrected chi connectivity index (χ0v) is 9.48. The maximum Gasteiger partial charge on any atom is -0.00934 e. The standard InChI is InChI=1S/C4H4S.2ClH.Zn/c1-2-4-5-3-1;;;/h1-4H;2*1H;/q;;;+2/p-2. The van der Waals surface area contributed by atoms with Crippen molar-refractivity contribution < 1.29 is 15.1 Å². The third-order valence-corrected chi connectivity index (χ3v) is 1.05. The van der Waals surface area contributed by atoms with Crippen LogP contribution in [-0.4, -0.2) is 0 Å². The molecule has 8 heavy (non-hydrogen) atoms. The van der Waals surface area contributed by atoms with Gasteiger partial charge >= 0.3 is 34.5 Å². The van der Waals surface area contributed by atoms with Crippen LogP contribution in [0.5, 0.6) is 0 Å². The smallest absolute Gasteiger partial charge is 0.00934 e. The van der Waals surface area contributed by atoms with Gasteiger partial charge in [0.2, 0.25) is 0 Å². The molecular weight excluding hydrogens is 216 g/mol. The van der Waals surface area contributed by atoms with E-state index in [4.69, 9.17) is 19.4 Å². The maximum absolute atomic E-state index is 4.95. The van der Waals surface area contributed by atoms with Gasteiger partial charge in [0.25, 0.3) is 0 Å². The summed E-state index contributed by atoms with van der Waals surface area (Å²) in [4.78, 5) is 0. The fourth-order valence-corrected chi connectivity index (χ4v) is 0.680. The first kappa shape index (κ1) is 8.90. The van der Waals surface area contributed by atoms with E-state index in [2.05, 4.69) is 0 Å². The number of hydrogen-bond acceptors (Lipinski definition) is 1. The third-order valence-electron chi connectivity index (χ3n) is 0.425. The van der Waals surface area contributed by atoms with E-state index in [0.717, 1.165) is 0 Å². The molecule has 0 radical (unpaired) electrons. The molecule has 0 fully saturated rings. The van der Waals surface area contributed by atoms with E-state index >= 15 is 0 Å². The van der Waals surface area contributed by atoms with E-state index in [-0.39, 0.29) is 0 Å². The Morgan fingerprint density at radius 2 is 1.50 bits per heavy atom. The van der Waals surface area contributed by atoms with Crippen molar-refractivity contribution in [3.63, 3.8) is 0 Å². The first-order valence-electron chi connectivity index (χ1n) is 2.01. The quantitative estimate of drug-likeness (QED) is 0.589. The molecule has 1 aromatic heterocycles. The number of hydrogen-bond donors (Lipinski definition) is 0. The molecule has 0 nitrogen and oxygen atoms in total. The molecule has 0 aromatic carbocycles. The summed E-state index contributed by atoms with van der Waals surface area (Å²) < 4.78 is 0. The first-order chi connectivity index (χ1) is 3.91. The van der Waals surface area contributed by atoms with Gasteiger partial charge in [-0.25, -0.2) is 0 Å². The molecule has 0 bridgehead atoms. The second-order valence-corrected chi connectivity index (χ2v) is 6.33. The predicted octanol–water partition coefficient (Wildman–Crippen LogP) is 3.12. The average Bonchev–Trinajstić information content (AvgIpc) is 2.17. The van der Waals surface area contributed by atoms with E-state index in [9.17, 15) is 0 Å². The van der Waals surface area contributed by atoms with Crippen molar-refractivity contribution in [2.24, 2.45) is 0 Å². The van der Waals surface area contributed by atoms with Crippen molar-refractivity contribution in [2.45, 2.75) is 0 Å². The Hall–Kier alpha value is 0.903. The molecule has 1 heterocycles. The van der Waals surface area contributed by atoms with Crippen molar-refractivity contribution in [1.82, 2.24) is 0 Å². The van der Waals surface area contributed by atoms with Crippen LogP contribution in [0.1, 0.15) is 0 Å². The summed E-state index contributed by atoms with van der Waals surface area (Å²) in [5.41, 5.74) is 0. The fourth-order valence-electron chi connectivity index (χ4n) is 0.227. The molecule has 4 heteroatoms. The largest absolute Gasteiger partial charge is 0.152 e. The Labute approximate surface area is 68.5 Å². The average molecular weight is 220 g/mol. The monoisotopic (exact) mass is 218 g/mol. The first-order valence-corrected chi connectivity index (χ1v) is 10.7. The van der Waals surface area contributed by atoms with Crippen molar-refractivity contribution in [1.29, 1.82) is 0 Å². The molecule has 0 aliphatic carbocycles. The van der Waals surface area contributed by atoms with Crippen LogP contribution in [0.2, 0.25) is 0 Å². The Balaban J connectivity index is 0.000000145. The van der Waals surface area contributed by atoms with E-state index in [0.29, 0.717) is 0 Å². The summed E-state index contributed by atoms with van der Waals surface area (Å²) in [6.45, 7) is 0. The Morgan fingerprint density at radius 1 is 1.12 bits per heavy atom. The molecule has 0 aliphatic rings. The van der Waals surface area contributed by atoms with Gasteiger partial charge in [-0.1, -0.05) is 12.1 Å². The van der Waals surface area contributed by atoms with E-state index in [1.807, 2.05) is 22.9 Å². The normalized spacial score (nSPS) is 6.25. The molecule has 0 saturated heterocycles. The molecule has 0 spiro atoms. The summed E-state index contributed by atoms with van der Waals surface area (Å²) in [5, 5.41) is 4.08. The van der Waals surface area contributed by atoms with E-state index in [1.165, 1.54) is 0 Å². The minimum absolute atomic E-state index is 0.931. The molecule has 0 aliphatic heterocycles. The SMILES string of the molecule is [Cl][Zn][Cl].c1ccsc1. The van der Waals surface area contributed by atoms with Gasteiger partial charge in [0, 0.05) is 0 Å². The van der Waals surface area contributed by atoms with Gasteiger partial charge in [-0.2, -0.15) is 11.3 Å². The predicted molar refractivity (Wildman–Crippen MR) is 36.0 cm³/mol. The molecule has 0 atom stereocenters. The summed E-state index contributed by atoms with van der Waals surface area (Å²) in [7, 11) is 9.90. The van der Waals surface area contributed by atoms with Gasteiger partial charge in [0.1, 0.15) is 0 Å². The van der Waals surface area contributed by atoms with Gasteiger partial charge < -0.3 is 0 Å². The van der Waals surface area contributed by atoms with Crippen molar-refractivity contribution >= 4 is 30.7 Å². The van der Waals surface area contributed by atoms with Crippen LogP contribution in [0.3, 0.4) is 0 Å². The molecule has 0 amide bonds. The summed E-state index contributed by atoms with van der Waals surface area (Å²) >= 11 is 0.782. The molecule has 0 saturated carbocycles. The minimum atomic E-state index is -0.931. The molecule has 1 aromatic rings. The minimum Gasteiger partial charge on any atom is -0.152 e. The van der Waals surface area contributed by atoms with Gasteiger partial charge in [-0.05, 0) is 10.8 Å². The van der Waals surface area contributed by atoms with E-state index in [1.54, 1.807) is 11.3 Å². The fraction of sp³-hybridized carbons (Fsp3) is 0. The third kappa shape index (κ3) is 6.90. The Bertz CT molecular complexity index is 80.9. The van der Waals surface area contributed by atoms with Crippen LogP contribution in [0.15, 0.2) is 22.9 Å². The topological polar surface area (TPSA) is 0 Å². The summed E-state index contributed by atoms with van der Waals surface area (Å²) in [6, 6.07) is 4.04. The van der Waals surface area contributed by atoms with Crippen LogP contribution in [0.4, 0.5) is 0 Å². The van der Waals surface area contributed by atoms with Crippen molar-refractivity contribution in [2.75, 3.05) is 0 Å². The van der Waals surface area contributed by atoms with Crippen molar-refractivity contribution in [3.05, 3.63) is 22.9 Å². The molecule has 42 valence electrons.